The molecule has 0 aliphatic carbocycles. The van der Waals surface area contributed by atoms with Crippen molar-refractivity contribution in [2.75, 3.05) is 18.0 Å². The van der Waals surface area contributed by atoms with Crippen LogP contribution in [0.4, 0.5) is 10.2 Å². The van der Waals surface area contributed by atoms with E-state index >= 15 is 0 Å². The third-order valence-electron chi connectivity index (χ3n) is 5.85. The van der Waals surface area contributed by atoms with Crippen LogP contribution in [0.15, 0.2) is 66.7 Å². The molecule has 5 rings (SSSR count). The summed E-state index contributed by atoms with van der Waals surface area (Å²) < 4.78 is 14.8. The molecule has 0 spiro atoms. The largest absolute Gasteiger partial charge is 0.355 e. The highest BCUT2D eigenvalue weighted by Crippen LogP contribution is 2.24. The lowest BCUT2D eigenvalue weighted by Crippen LogP contribution is -2.40. The lowest BCUT2D eigenvalue weighted by molar-refractivity contribution is -0.125. The van der Waals surface area contributed by atoms with Gasteiger partial charge in [-0.15, -0.1) is 15.3 Å². The highest BCUT2D eigenvalue weighted by atomic mass is 19.1. The first kappa shape index (κ1) is 20.1. The standard InChI is InChI=1S/C24H23FN6O/c25-20-8-6-17(7-9-20)16-26-24(32)19-12-14-30(15-13-19)22-11-10-21-27-28-23(31(21)29-22)18-4-2-1-3-5-18/h1-11,19H,12-16H2,(H,26,32). The maximum absolute atomic E-state index is 13.0. The molecule has 32 heavy (non-hydrogen) atoms. The van der Waals surface area contributed by atoms with E-state index in [0.29, 0.717) is 18.0 Å². The third kappa shape index (κ3) is 4.16. The number of carbonyl (C=O) groups excluding carboxylic acids is 1. The Morgan fingerprint density at radius 2 is 1.72 bits per heavy atom. The minimum absolute atomic E-state index is 0.0368. The molecule has 2 aromatic carbocycles. The van der Waals surface area contributed by atoms with Crippen LogP contribution in [0.1, 0.15) is 18.4 Å². The molecular weight excluding hydrogens is 407 g/mol. The summed E-state index contributed by atoms with van der Waals surface area (Å²) >= 11 is 0. The Bertz CT molecular complexity index is 1220. The summed E-state index contributed by atoms with van der Waals surface area (Å²) in [6.45, 7) is 1.90. The topological polar surface area (TPSA) is 75.4 Å². The molecule has 2 aromatic heterocycles. The number of hydrogen-bond acceptors (Lipinski definition) is 5. The molecule has 0 unspecified atom stereocenters. The van der Waals surface area contributed by atoms with Crippen LogP contribution in [0.3, 0.4) is 0 Å². The van der Waals surface area contributed by atoms with E-state index in [-0.39, 0.29) is 17.6 Å². The number of hydrogen-bond donors (Lipinski definition) is 1. The number of halogens is 1. The van der Waals surface area contributed by atoms with E-state index in [1.165, 1.54) is 12.1 Å². The number of aromatic nitrogens is 4. The minimum atomic E-state index is -0.276. The van der Waals surface area contributed by atoms with E-state index in [1.54, 1.807) is 16.6 Å². The van der Waals surface area contributed by atoms with Gasteiger partial charge in [-0.2, -0.15) is 4.52 Å². The van der Waals surface area contributed by atoms with E-state index in [4.69, 9.17) is 5.10 Å². The normalized spacial score (nSPS) is 14.6. The minimum Gasteiger partial charge on any atom is -0.355 e. The average molecular weight is 430 g/mol. The van der Waals surface area contributed by atoms with E-state index in [1.807, 2.05) is 42.5 Å². The Labute approximate surface area is 184 Å². The van der Waals surface area contributed by atoms with Crippen molar-refractivity contribution in [3.8, 4) is 11.4 Å². The Kier molecular flexibility index (Phi) is 5.49. The Balaban J connectivity index is 1.23. The molecule has 1 fully saturated rings. The van der Waals surface area contributed by atoms with Crippen LogP contribution in [0.25, 0.3) is 17.0 Å². The Hall–Kier alpha value is -3.81. The van der Waals surface area contributed by atoms with Crippen molar-refractivity contribution in [3.63, 3.8) is 0 Å². The molecule has 4 aromatic rings. The first-order chi connectivity index (χ1) is 15.7. The first-order valence-corrected chi connectivity index (χ1v) is 10.7. The summed E-state index contributed by atoms with van der Waals surface area (Å²) in [4.78, 5) is 14.8. The maximum atomic E-state index is 13.0. The first-order valence-electron chi connectivity index (χ1n) is 10.7. The molecule has 0 bridgehead atoms. The maximum Gasteiger partial charge on any atom is 0.223 e. The second-order valence-electron chi connectivity index (χ2n) is 7.96. The second kappa shape index (κ2) is 8.74. The predicted octanol–water partition coefficient (Wildman–Crippen LogP) is 3.46. The summed E-state index contributed by atoms with van der Waals surface area (Å²) in [6.07, 6.45) is 1.51. The van der Waals surface area contributed by atoms with Gasteiger partial charge in [0.05, 0.1) is 0 Å². The molecule has 1 saturated heterocycles. The zero-order valence-corrected chi connectivity index (χ0v) is 17.5. The Morgan fingerprint density at radius 3 is 2.47 bits per heavy atom. The van der Waals surface area contributed by atoms with Gasteiger partial charge in [-0.3, -0.25) is 4.79 Å². The van der Waals surface area contributed by atoms with Crippen LogP contribution in [0.5, 0.6) is 0 Å². The van der Waals surface area contributed by atoms with Gasteiger partial charge in [0.15, 0.2) is 11.5 Å². The number of carbonyl (C=O) groups is 1. The van der Waals surface area contributed by atoms with E-state index in [0.717, 1.165) is 42.9 Å². The summed E-state index contributed by atoms with van der Waals surface area (Å²) in [7, 11) is 0. The molecular formula is C24H23FN6O. The van der Waals surface area contributed by atoms with Crippen LogP contribution in [0.2, 0.25) is 0 Å². The third-order valence-corrected chi connectivity index (χ3v) is 5.85. The molecule has 1 N–H and O–H groups in total. The van der Waals surface area contributed by atoms with Gasteiger partial charge in [0.25, 0.3) is 0 Å². The smallest absolute Gasteiger partial charge is 0.223 e. The van der Waals surface area contributed by atoms with Crippen molar-refractivity contribution < 1.29 is 9.18 Å². The lowest BCUT2D eigenvalue weighted by atomic mass is 9.96. The van der Waals surface area contributed by atoms with Crippen LogP contribution < -0.4 is 10.2 Å². The SMILES string of the molecule is O=C(NCc1ccc(F)cc1)C1CCN(c2ccc3nnc(-c4ccccc4)n3n2)CC1. The van der Waals surface area contributed by atoms with E-state index in [2.05, 4.69) is 20.4 Å². The molecule has 1 aliphatic rings. The summed E-state index contributed by atoms with van der Waals surface area (Å²) in [5, 5.41) is 16.3. The fraction of sp³-hybridized carbons (Fsp3) is 0.250. The number of rotatable bonds is 5. The average Bonchev–Trinajstić information content (AvgIpc) is 3.27. The number of benzene rings is 2. The number of fused-ring (bicyclic) bond motifs is 1. The molecule has 7 nitrogen and oxygen atoms in total. The van der Waals surface area contributed by atoms with Gasteiger partial charge < -0.3 is 10.2 Å². The number of nitrogens with one attached hydrogen (secondary N) is 1. The number of nitrogens with zero attached hydrogens (tertiary/aromatic N) is 5. The van der Waals surface area contributed by atoms with Crippen molar-refractivity contribution in [2.24, 2.45) is 5.92 Å². The highest BCUT2D eigenvalue weighted by molar-refractivity contribution is 5.79. The van der Waals surface area contributed by atoms with Gasteiger partial charge in [0, 0.05) is 31.1 Å². The molecule has 0 saturated carbocycles. The quantitative estimate of drug-likeness (QED) is 0.525. The Morgan fingerprint density at radius 1 is 0.969 bits per heavy atom. The van der Waals surface area contributed by atoms with E-state index in [9.17, 15) is 9.18 Å². The molecule has 162 valence electrons. The van der Waals surface area contributed by atoms with Gasteiger partial charge in [-0.05, 0) is 42.7 Å². The molecule has 1 amide bonds. The summed E-state index contributed by atoms with van der Waals surface area (Å²) in [6, 6.07) is 19.9. The fourth-order valence-corrected chi connectivity index (χ4v) is 4.02. The van der Waals surface area contributed by atoms with Crippen LogP contribution >= 0.6 is 0 Å². The number of piperidine rings is 1. The fourth-order valence-electron chi connectivity index (χ4n) is 4.02. The molecule has 8 heteroatoms. The predicted molar refractivity (Wildman–Crippen MR) is 119 cm³/mol. The molecule has 3 heterocycles. The zero-order chi connectivity index (χ0) is 21.9. The van der Waals surface area contributed by atoms with Gasteiger partial charge in [0.2, 0.25) is 5.91 Å². The van der Waals surface area contributed by atoms with Crippen LogP contribution in [0, 0.1) is 11.7 Å². The van der Waals surface area contributed by atoms with Gasteiger partial charge in [-0.1, -0.05) is 42.5 Å². The second-order valence-corrected chi connectivity index (χ2v) is 7.96. The molecule has 0 radical (unpaired) electrons. The summed E-state index contributed by atoms with van der Waals surface area (Å²) in [5.41, 5.74) is 2.54. The van der Waals surface area contributed by atoms with Gasteiger partial charge >= 0.3 is 0 Å². The van der Waals surface area contributed by atoms with Gasteiger partial charge in [-0.25, -0.2) is 4.39 Å². The monoisotopic (exact) mass is 430 g/mol. The number of anilines is 1. The number of amides is 1. The van der Waals surface area contributed by atoms with E-state index < -0.39 is 0 Å². The van der Waals surface area contributed by atoms with Crippen LogP contribution in [-0.4, -0.2) is 38.8 Å². The van der Waals surface area contributed by atoms with Crippen molar-refractivity contribution >= 4 is 17.4 Å². The van der Waals surface area contributed by atoms with Gasteiger partial charge in [0.1, 0.15) is 11.6 Å². The highest BCUT2D eigenvalue weighted by Gasteiger charge is 2.26. The van der Waals surface area contributed by atoms with Crippen molar-refractivity contribution in [1.82, 2.24) is 25.1 Å². The molecule has 0 atom stereocenters. The molecule has 1 aliphatic heterocycles. The lowest BCUT2D eigenvalue weighted by Gasteiger charge is -2.32. The van der Waals surface area contributed by atoms with Crippen molar-refractivity contribution in [2.45, 2.75) is 19.4 Å². The van der Waals surface area contributed by atoms with Crippen molar-refractivity contribution in [3.05, 3.63) is 78.1 Å². The zero-order valence-electron chi connectivity index (χ0n) is 17.5. The summed E-state index contributed by atoms with van der Waals surface area (Å²) in [5.74, 6) is 1.28. The van der Waals surface area contributed by atoms with Crippen molar-refractivity contribution in [1.29, 1.82) is 0 Å². The van der Waals surface area contributed by atoms with Crippen LogP contribution in [-0.2, 0) is 11.3 Å².